The maximum Gasteiger partial charge on any atom is 0.289 e. The van der Waals surface area contributed by atoms with Crippen LogP contribution in [-0.2, 0) is 11.2 Å². The summed E-state index contributed by atoms with van der Waals surface area (Å²) in [6.45, 7) is 1.84. The maximum absolute atomic E-state index is 12.7. The Bertz CT molecular complexity index is 927. The van der Waals surface area contributed by atoms with Crippen LogP contribution >= 0.6 is 34.7 Å². The van der Waals surface area contributed by atoms with Crippen LogP contribution in [0.15, 0.2) is 45.0 Å². The van der Waals surface area contributed by atoms with Gasteiger partial charge in [0.05, 0.1) is 27.7 Å². The lowest BCUT2D eigenvalue weighted by Crippen LogP contribution is -2.15. The highest BCUT2D eigenvalue weighted by molar-refractivity contribution is 7.99. The predicted molar refractivity (Wildman–Crippen MR) is 100 cm³/mol. The molecule has 1 aromatic carbocycles. The standard InChI is InChI=1S/C17H13ClF2N2O2S2/c1-9-5-6-13(24-9)16-21-10(8-25-16)7-14(23)22-12-4-2-3-11(18)15(12)26-17(19)20/h2-6,8,17H,7H2,1H3,(H,22,23). The van der Waals surface area contributed by atoms with Crippen molar-refractivity contribution < 1.29 is 18.0 Å². The highest BCUT2D eigenvalue weighted by Crippen LogP contribution is 2.37. The molecule has 0 fully saturated rings. The van der Waals surface area contributed by atoms with Gasteiger partial charge in [0.25, 0.3) is 5.76 Å². The number of rotatable bonds is 6. The summed E-state index contributed by atoms with van der Waals surface area (Å²) in [6.07, 6.45) is 0.0154. The molecule has 0 aliphatic rings. The van der Waals surface area contributed by atoms with Crippen molar-refractivity contribution in [3.63, 3.8) is 0 Å². The summed E-state index contributed by atoms with van der Waals surface area (Å²) < 4.78 is 30.9. The number of alkyl halides is 2. The van der Waals surface area contributed by atoms with Crippen LogP contribution in [0.25, 0.3) is 10.8 Å². The molecular weight excluding hydrogens is 402 g/mol. The third-order valence-electron chi connectivity index (χ3n) is 3.29. The Labute approximate surface area is 161 Å². The number of carbonyl (C=O) groups excluding carboxylic acids is 1. The van der Waals surface area contributed by atoms with Crippen molar-refractivity contribution in [3.8, 4) is 10.8 Å². The number of thiazole rings is 1. The first-order chi connectivity index (χ1) is 12.4. The van der Waals surface area contributed by atoms with Crippen LogP contribution in [0.3, 0.4) is 0 Å². The number of benzene rings is 1. The van der Waals surface area contributed by atoms with Gasteiger partial charge in [0.1, 0.15) is 5.76 Å². The molecule has 1 N–H and O–H groups in total. The number of furan rings is 1. The van der Waals surface area contributed by atoms with E-state index < -0.39 is 5.76 Å². The second-order valence-electron chi connectivity index (χ2n) is 5.27. The van der Waals surface area contributed by atoms with Gasteiger partial charge in [-0.15, -0.1) is 11.3 Å². The summed E-state index contributed by atoms with van der Waals surface area (Å²) >= 11 is 7.63. The Morgan fingerprint density at radius 3 is 2.88 bits per heavy atom. The number of nitrogens with zero attached hydrogens (tertiary/aromatic N) is 1. The zero-order valence-corrected chi connectivity index (χ0v) is 15.9. The third kappa shape index (κ3) is 4.63. The number of aromatic nitrogens is 1. The smallest absolute Gasteiger partial charge is 0.289 e. The first kappa shape index (κ1) is 18.9. The second-order valence-corrected chi connectivity index (χ2v) is 7.54. The van der Waals surface area contributed by atoms with Crippen molar-refractivity contribution in [3.05, 3.63) is 52.2 Å². The SMILES string of the molecule is Cc1ccc(-c2nc(CC(=O)Nc3cccc(Cl)c3SC(F)F)cs2)o1. The van der Waals surface area contributed by atoms with Crippen molar-refractivity contribution >= 4 is 46.3 Å². The summed E-state index contributed by atoms with van der Waals surface area (Å²) in [5.74, 6) is -1.58. The topological polar surface area (TPSA) is 55.1 Å². The monoisotopic (exact) mass is 414 g/mol. The minimum absolute atomic E-state index is 0.0154. The lowest BCUT2D eigenvalue weighted by molar-refractivity contribution is -0.115. The average molecular weight is 415 g/mol. The number of anilines is 1. The maximum atomic E-state index is 12.7. The molecule has 26 heavy (non-hydrogen) atoms. The predicted octanol–water partition coefficient (Wildman–Crippen LogP) is 5.86. The molecule has 0 radical (unpaired) electrons. The Hall–Kier alpha value is -1.90. The molecule has 0 saturated carbocycles. The highest BCUT2D eigenvalue weighted by Gasteiger charge is 2.17. The molecule has 0 atom stereocenters. The zero-order chi connectivity index (χ0) is 18.7. The van der Waals surface area contributed by atoms with E-state index in [0.29, 0.717) is 28.2 Å². The Morgan fingerprint density at radius 1 is 1.38 bits per heavy atom. The Morgan fingerprint density at radius 2 is 2.19 bits per heavy atom. The zero-order valence-electron chi connectivity index (χ0n) is 13.5. The van der Waals surface area contributed by atoms with E-state index >= 15 is 0 Å². The summed E-state index contributed by atoms with van der Waals surface area (Å²) in [5, 5.41) is 5.23. The van der Waals surface area contributed by atoms with Gasteiger partial charge in [-0.25, -0.2) is 4.98 Å². The van der Waals surface area contributed by atoms with Crippen LogP contribution in [-0.4, -0.2) is 16.6 Å². The van der Waals surface area contributed by atoms with Crippen molar-refractivity contribution in [2.45, 2.75) is 24.0 Å². The van der Waals surface area contributed by atoms with Crippen LogP contribution < -0.4 is 5.32 Å². The quantitative estimate of drug-likeness (QED) is 0.513. The fourth-order valence-corrected chi connectivity index (χ4v) is 3.92. The molecule has 3 aromatic rings. The molecule has 2 heterocycles. The van der Waals surface area contributed by atoms with Crippen molar-refractivity contribution in [1.82, 2.24) is 4.98 Å². The number of hydrogen-bond donors (Lipinski definition) is 1. The fourth-order valence-electron chi connectivity index (χ4n) is 2.23. The number of hydrogen-bond acceptors (Lipinski definition) is 5. The number of halogens is 3. The van der Waals surface area contributed by atoms with Crippen LogP contribution in [0, 0.1) is 6.92 Å². The number of aryl methyl sites for hydroxylation is 1. The first-order valence-corrected chi connectivity index (χ1v) is 9.60. The van der Waals surface area contributed by atoms with E-state index in [0.717, 1.165) is 5.76 Å². The van der Waals surface area contributed by atoms with E-state index in [1.165, 1.54) is 23.5 Å². The molecule has 0 unspecified atom stereocenters. The Kier molecular flexibility index (Phi) is 5.95. The summed E-state index contributed by atoms with van der Waals surface area (Å²) in [4.78, 5) is 16.8. The molecule has 0 spiro atoms. The van der Waals surface area contributed by atoms with Gasteiger partial charge in [0, 0.05) is 5.38 Å². The van der Waals surface area contributed by atoms with E-state index in [-0.39, 0.29) is 27.9 Å². The molecule has 4 nitrogen and oxygen atoms in total. The van der Waals surface area contributed by atoms with Crippen molar-refractivity contribution in [2.75, 3.05) is 5.32 Å². The highest BCUT2D eigenvalue weighted by atomic mass is 35.5. The first-order valence-electron chi connectivity index (χ1n) is 7.47. The van der Waals surface area contributed by atoms with Crippen molar-refractivity contribution in [1.29, 1.82) is 0 Å². The average Bonchev–Trinajstić information content (AvgIpc) is 3.19. The van der Waals surface area contributed by atoms with Crippen LogP contribution in [0.5, 0.6) is 0 Å². The lowest BCUT2D eigenvalue weighted by Gasteiger charge is -2.11. The molecule has 0 saturated heterocycles. The van der Waals surface area contributed by atoms with Crippen molar-refractivity contribution in [2.24, 2.45) is 0 Å². The number of nitrogens with one attached hydrogen (secondary N) is 1. The van der Waals surface area contributed by atoms with Gasteiger partial charge in [0.15, 0.2) is 10.8 Å². The fraction of sp³-hybridized carbons (Fsp3) is 0.176. The number of carbonyl (C=O) groups is 1. The van der Waals surface area contributed by atoms with E-state index in [4.69, 9.17) is 16.0 Å². The Balaban J connectivity index is 1.70. The minimum atomic E-state index is -2.64. The van der Waals surface area contributed by atoms with E-state index in [1.807, 2.05) is 19.1 Å². The van der Waals surface area contributed by atoms with Crippen LogP contribution in [0.4, 0.5) is 14.5 Å². The number of thioether (sulfide) groups is 1. The molecular formula is C17H13ClF2N2O2S2. The van der Waals surface area contributed by atoms with Gasteiger partial charge in [-0.3, -0.25) is 4.79 Å². The van der Waals surface area contributed by atoms with Gasteiger partial charge in [0.2, 0.25) is 5.91 Å². The van der Waals surface area contributed by atoms with Gasteiger partial charge in [-0.1, -0.05) is 29.4 Å². The second kappa shape index (κ2) is 8.20. The summed E-state index contributed by atoms with van der Waals surface area (Å²) in [6, 6.07) is 8.28. The third-order valence-corrected chi connectivity index (χ3v) is 5.48. The molecule has 136 valence electrons. The van der Waals surface area contributed by atoms with Crippen LogP contribution in [0.2, 0.25) is 5.02 Å². The summed E-state index contributed by atoms with van der Waals surface area (Å²) in [7, 11) is 0. The molecule has 3 rings (SSSR count). The van der Waals surface area contributed by atoms with E-state index in [1.54, 1.807) is 11.4 Å². The van der Waals surface area contributed by atoms with Gasteiger partial charge < -0.3 is 9.73 Å². The summed E-state index contributed by atoms with van der Waals surface area (Å²) in [5.41, 5.74) is 0.826. The normalized spacial score (nSPS) is 11.1. The molecule has 0 aliphatic heterocycles. The molecule has 2 aromatic heterocycles. The number of amides is 1. The van der Waals surface area contributed by atoms with Crippen LogP contribution in [0.1, 0.15) is 11.5 Å². The largest absolute Gasteiger partial charge is 0.459 e. The van der Waals surface area contributed by atoms with Gasteiger partial charge in [-0.2, -0.15) is 8.78 Å². The molecule has 0 aliphatic carbocycles. The van der Waals surface area contributed by atoms with Gasteiger partial charge in [-0.05, 0) is 31.2 Å². The minimum Gasteiger partial charge on any atom is -0.459 e. The molecule has 1 amide bonds. The lowest BCUT2D eigenvalue weighted by atomic mass is 10.3. The molecule has 0 bridgehead atoms. The molecule has 9 heteroatoms. The van der Waals surface area contributed by atoms with E-state index in [9.17, 15) is 13.6 Å². The van der Waals surface area contributed by atoms with Gasteiger partial charge >= 0.3 is 0 Å². The van der Waals surface area contributed by atoms with E-state index in [2.05, 4.69) is 10.3 Å².